The van der Waals surface area contributed by atoms with Crippen LogP contribution in [0.4, 0.5) is 13.2 Å². The van der Waals surface area contributed by atoms with Crippen molar-refractivity contribution in [3.05, 3.63) is 35.5 Å². The third-order valence-electron chi connectivity index (χ3n) is 5.02. The van der Waals surface area contributed by atoms with E-state index in [2.05, 4.69) is 40.4 Å². The van der Waals surface area contributed by atoms with E-state index in [-0.39, 0.29) is 5.88 Å². The predicted octanol–water partition coefficient (Wildman–Crippen LogP) is 5.98. The normalized spacial score (nSPS) is 12.0. The van der Waals surface area contributed by atoms with Gasteiger partial charge in [-0.2, -0.15) is 4.98 Å². The summed E-state index contributed by atoms with van der Waals surface area (Å²) in [7, 11) is 1.35. The molecule has 3 aromatic rings. The van der Waals surface area contributed by atoms with Crippen molar-refractivity contribution >= 4 is 11.0 Å². The van der Waals surface area contributed by atoms with Gasteiger partial charge in [0.15, 0.2) is 0 Å². The molecule has 3 aromatic heterocycles. The number of hydrogen-bond acceptors (Lipinski definition) is 4. The summed E-state index contributed by atoms with van der Waals surface area (Å²) in [4.78, 5) is 8.67. The Morgan fingerprint density at radius 1 is 1.07 bits per heavy atom. The van der Waals surface area contributed by atoms with Gasteiger partial charge in [0.05, 0.1) is 29.4 Å². The number of fused-ring (bicyclic) bond motifs is 1. The number of alkyl halides is 3. The van der Waals surface area contributed by atoms with Crippen LogP contribution in [-0.2, 0) is 0 Å². The van der Waals surface area contributed by atoms with Crippen LogP contribution in [0.1, 0.15) is 43.9 Å². The Hall–Kier alpha value is -2.77. The monoisotopic (exact) mass is 407 g/mol. The minimum atomic E-state index is -4.82. The van der Waals surface area contributed by atoms with Gasteiger partial charge in [-0.3, -0.25) is 0 Å². The third kappa shape index (κ3) is 4.16. The zero-order valence-electron chi connectivity index (χ0n) is 17.1. The first-order chi connectivity index (χ1) is 13.7. The maximum absolute atomic E-state index is 12.5. The van der Waals surface area contributed by atoms with Gasteiger partial charge in [-0.15, -0.1) is 13.2 Å². The van der Waals surface area contributed by atoms with E-state index < -0.39 is 12.2 Å². The molecule has 0 fully saturated rings. The molecule has 0 saturated heterocycles. The van der Waals surface area contributed by atoms with E-state index in [0.29, 0.717) is 17.3 Å². The smallest absolute Gasteiger partial charge is 0.480 e. The molecule has 0 radical (unpaired) electrons. The Balaban J connectivity index is 2.13. The lowest BCUT2D eigenvalue weighted by atomic mass is 10.1. The summed E-state index contributed by atoms with van der Waals surface area (Å²) in [5.74, 6) is -0.549. The zero-order chi connectivity index (χ0) is 21.3. The molecule has 8 heteroatoms. The molecule has 0 amide bonds. The van der Waals surface area contributed by atoms with Gasteiger partial charge in [0.2, 0.25) is 11.8 Å². The van der Waals surface area contributed by atoms with Crippen LogP contribution in [0.2, 0.25) is 0 Å². The molecule has 0 aromatic carbocycles. The van der Waals surface area contributed by atoms with Gasteiger partial charge in [-0.05, 0) is 49.9 Å². The fourth-order valence-corrected chi connectivity index (χ4v) is 3.62. The van der Waals surface area contributed by atoms with Gasteiger partial charge in [0.25, 0.3) is 0 Å². The van der Waals surface area contributed by atoms with E-state index in [1.807, 2.05) is 13.8 Å². The van der Waals surface area contributed by atoms with Gasteiger partial charge in [0, 0.05) is 18.3 Å². The second-order valence-corrected chi connectivity index (χ2v) is 6.97. The molecule has 0 aliphatic heterocycles. The first kappa shape index (κ1) is 21.0. The highest BCUT2D eigenvalue weighted by Crippen LogP contribution is 2.35. The van der Waals surface area contributed by atoms with Crippen LogP contribution in [0.25, 0.3) is 22.3 Å². The van der Waals surface area contributed by atoms with Crippen LogP contribution in [0.15, 0.2) is 24.4 Å². The Morgan fingerprint density at radius 3 is 2.34 bits per heavy atom. The Morgan fingerprint density at radius 2 is 1.76 bits per heavy atom. The van der Waals surface area contributed by atoms with Crippen molar-refractivity contribution in [2.45, 2.75) is 52.9 Å². The summed E-state index contributed by atoms with van der Waals surface area (Å²) in [6.45, 7) is 8.24. The van der Waals surface area contributed by atoms with Crippen molar-refractivity contribution in [2.75, 3.05) is 7.11 Å². The summed E-state index contributed by atoms with van der Waals surface area (Å²) in [5.41, 5.74) is 4.95. The van der Waals surface area contributed by atoms with Crippen molar-refractivity contribution < 1.29 is 22.6 Å². The van der Waals surface area contributed by atoms with E-state index in [1.165, 1.54) is 19.2 Å². The van der Waals surface area contributed by atoms with Gasteiger partial charge in [0.1, 0.15) is 0 Å². The minimum absolute atomic E-state index is 0.0266. The molecule has 0 aliphatic carbocycles. The van der Waals surface area contributed by atoms with Gasteiger partial charge in [-0.1, -0.05) is 13.8 Å². The first-order valence-electron chi connectivity index (χ1n) is 9.48. The summed E-state index contributed by atoms with van der Waals surface area (Å²) in [6, 6.07) is 5.09. The van der Waals surface area contributed by atoms with Crippen molar-refractivity contribution in [1.82, 2.24) is 14.5 Å². The summed E-state index contributed by atoms with van der Waals surface area (Å²) < 4.78 is 48.9. The molecule has 5 nitrogen and oxygen atoms in total. The Bertz CT molecular complexity index is 1020. The van der Waals surface area contributed by atoms with Crippen LogP contribution >= 0.6 is 0 Å². The van der Waals surface area contributed by atoms with Gasteiger partial charge < -0.3 is 14.0 Å². The molecule has 0 N–H and O–H groups in total. The topological polar surface area (TPSA) is 49.2 Å². The van der Waals surface area contributed by atoms with E-state index in [0.717, 1.165) is 35.0 Å². The predicted molar refractivity (Wildman–Crippen MR) is 105 cm³/mol. The number of hydrogen-bond donors (Lipinski definition) is 0. The maximum Gasteiger partial charge on any atom is 0.574 e. The van der Waals surface area contributed by atoms with Gasteiger partial charge in [-0.25, -0.2) is 4.98 Å². The number of nitrogens with zero attached hydrogens (tertiary/aromatic N) is 3. The highest BCUT2D eigenvalue weighted by molar-refractivity contribution is 5.85. The van der Waals surface area contributed by atoms with E-state index in [9.17, 15) is 13.2 Å². The van der Waals surface area contributed by atoms with Crippen LogP contribution < -0.4 is 9.47 Å². The molecule has 3 heterocycles. The van der Waals surface area contributed by atoms with Crippen LogP contribution in [-0.4, -0.2) is 28.0 Å². The fraction of sp³-hybridized carbons (Fsp3) is 0.429. The zero-order valence-corrected chi connectivity index (χ0v) is 17.1. The molecule has 3 rings (SSSR count). The summed E-state index contributed by atoms with van der Waals surface area (Å²) in [6.07, 6.45) is -0.687. The highest BCUT2D eigenvalue weighted by atomic mass is 19.4. The largest absolute Gasteiger partial charge is 0.574 e. The van der Waals surface area contributed by atoms with Crippen LogP contribution in [0.3, 0.4) is 0 Å². The summed E-state index contributed by atoms with van der Waals surface area (Å²) in [5, 5.41) is 0. The molecule has 0 aliphatic rings. The Kier molecular flexibility index (Phi) is 5.73. The molecule has 156 valence electrons. The molecule has 0 spiro atoms. The second-order valence-electron chi connectivity index (χ2n) is 6.97. The van der Waals surface area contributed by atoms with Crippen LogP contribution in [0.5, 0.6) is 11.8 Å². The number of halogens is 3. The fourth-order valence-electron chi connectivity index (χ4n) is 3.62. The molecule has 0 unspecified atom stereocenters. The van der Waals surface area contributed by atoms with E-state index in [4.69, 9.17) is 9.72 Å². The lowest BCUT2D eigenvalue weighted by molar-refractivity contribution is -0.276. The number of pyridine rings is 2. The average Bonchev–Trinajstić information content (AvgIpc) is 2.96. The molecule has 0 saturated carbocycles. The Labute approximate surface area is 167 Å². The number of aryl methyl sites for hydroxylation is 2. The van der Waals surface area contributed by atoms with Crippen molar-refractivity contribution in [3.8, 4) is 23.0 Å². The number of aromatic nitrogens is 3. The van der Waals surface area contributed by atoms with E-state index >= 15 is 0 Å². The second kappa shape index (κ2) is 7.93. The van der Waals surface area contributed by atoms with Crippen LogP contribution in [0, 0.1) is 13.8 Å². The maximum atomic E-state index is 12.5. The van der Waals surface area contributed by atoms with Crippen molar-refractivity contribution in [1.29, 1.82) is 0 Å². The van der Waals surface area contributed by atoms with Gasteiger partial charge >= 0.3 is 6.36 Å². The molecule has 29 heavy (non-hydrogen) atoms. The van der Waals surface area contributed by atoms with Crippen molar-refractivity contribution in [3.63, 3.8) is 0 Å². The number of ether oxygens (including phenoxy) is 2. The molecule has 0 atom stereocenters. The molecule has 0 bridgehead atoms. The lowest BCUT2D eigenvalue weighted by Crippen LogP contribution is -2.18. The number of methoxy groups -OCH3 is 1. The first-order valence-corrected chi connectivity index (χ1v) is 9.48. The molecular weight excluding hydrogens is 383 g/mol. The molecular formula is C21H24F3N3O2. The third-order valence-corrected chi connectivity index (χ3v) is 5.02. The highest BCUT2D eigenvalue weighted by Gasteiger charge is 2.32. The van der Waals surface area contributed by atoms with Crippen molar-refractivity contribution in [2.24, 2.45) is 0 Å². The average molecular weight is 407 g/mol. The SMILES string of the molecule is CCC(CC)n1cc(C)c2nc(-c3ccc(OC(F)(F)F)nc3OC)c(C)cc21. The quantitative estimate of drug-likeness (QED) is 0.504. The summed E-state index contributed by atoms with van der Waals surface area (Å²) >= 11 is 0. The standard InChI is InChI=1S/C21H24F3N3O2/c1-6-14(7-2)27-11-13(4)19-16(27)10-12(3)18(26-19)15-8-9-17(25-20(15)28-5)29-21(22,23)24/h8-11,14H,6-7H2,1-5H3. The number of rotatable bonds is 6. The lowest BCUT2D eigenvalue weighted by Gasteiger charge is -2.17. The van der Waals surface area contributed by atoms with E-state index in [1.54, 1.807) is 0 Å². The minimum Gasteiger partial charge on any atom is -0.480 e.